The van der Waals surface area contributed by atoms with Crippen LogP contribution in [-0.4, -0.2) is 31.2 Å². The normalized spacial score (nSPS) is 11.1. The molecule has 0 aliphatic heterocycles. The van der Waals surface area contributed by atoms with Crippen LogP contribution in [0.5, 0.6) is 11.5 Å². The number of anilines is 1. The molecular formula is C27H22BrI2N3O5. The SMILES string of the molecule is CCOc1cc(/C=N\NC(=O)c2cc3cc(Br)cc(I)c3o2)cc(I)c1OCC(=O)Nc1ccc(C)cc1. The van der Waals surface area contributed by atoms with Gasteiger partial charge in [-0.3, -0.25) is 9.59 Å². The summed E-state index contributed by atoms with van der Waals surface area (Å²) < 4.78 is 19.8. The summed E-state index contributed by atoms with van der Waals surface area (Å²) in [5.41, 5.74) is 5.61. The van der Waals surface area contributed by atoms with E-state index in [-0.39, 0.29) is 18.3 Å². The van der Waals surface area contributed by atoms with Crippen molar-refractivity contribution in [2.45, 2.75) is 13.8 Å². The lowest BCUT2D eigenvalue weighted by Gasteiger charge is -2.14. The largest absolute Gasteiger partial charge is 0.490 e. The zero-order valence-corrected chi connectivity index (χ0v) is 26.2. The van der Waals surface area contributed by atoms with Crippen molar-refractivity contribution in [1.29, 1.82) is 0 Å². The van der Waals surface area contributed by atoms with E-state index in [9.17, 15) is 9.59 Å². The maximum Gasteiger partial charge on any atom is 0.307 e. The van der Waals surface area contributed by atoms with E-state index in [2.05, 4.69) is 77.0 Å². The average Bonchev–Trinajstić information content (AvgIpc) is 3.30. The molecule has 0 unspecified atom stereocenters. The van der Waals surface area contributed by atoms with Crippen LogP contribution in [0.4, 0.5) is 5.69 Å². The predicted molar refractivity (Wildman–Crippen MR) is 167 cm³/mol. The van der Waals surface area contributed by atoms with Gasteiger partial charge in [-0.25, -0.2) is 5.43 Å². The Bertz CT molecular complexity index is 1520. The van der Waals surface area contributed by atoms with E-state index < -0.39 is 5.91 Å². The fourth-order valence-corrected chi connectivity index (χ4v) is 5.89. The quantitative estimate of drug-likeness (QED) is 0.109. The van der Waals surface area contributed by atoms with Crippen molar-refractivity contribution < 1.29 is 23.5 Å². The third-order valence-electron chi connectivity index (χ3n) is 5.15. The first-order valence-corrected chi connectivity index (χ1v) is 14.4. The molecule has 0 aliphatic carbocycles. The number of benzene rings is 3. The molecule has 2 N–H and O–H groups in total. The third-order valence-corrected chi connectivity index (χ3v) is 7.21. The van der Waals surface area contributed by atoms with Gasteiger partial charge in [0.25, 0.3) is 5.91 Å². The minimum Gasteiger partial charge on any atom is -0.490 e. The molecule has 0 fully saturated rings. The van der Waals surface area contributed by atoms with Gasteiger partial charge in [0, 0.05) is 15.5 Å². The number of aryl methyl sites for hydroxylation is 1. The number of hydrogen-bond donors (Lipinski definition) is 2. The Hall–Kier alpha value is -2.65. The fraction of sp³-hybridized carbons (Fsp3) is 0.148. The molecule has 3 aromatic carbocycles. The number of carbonyl (C=O) groups is 2. The second kappa shape index (κ2) is 12.9. The molecule has 11 heteroatoms. The monoisotopic (exact) mass is 801 g/mol. The molecule has 0 radical (unpaired) electrons. The number of fused-ring (bicyclic) bond motifs is 1. The molecule has 0 atom stereocenters. The molecule has 0 bridgehead atoms. The van der Waals surface area contributed by atoms with E-state index >= 15 is 0 Å². The van der Waals surface area contributed by atoms with E-state index in [1.165, 1.54) is 6.21 Å². The summed E-state index contributed by atoms with van der Waals surface area (Å²) in [5, 5.41) is 7.69. The van der Waals surface area contributed by atoms with Crippen LogP contribution in [0.15, 0.2) is 68.6 Å². The molecule has 4 aromatic rings. The molecule has 38 heavy (non-hydrogen) atoms. The summed E-state index contributed by atoms with van der Waals surface area (Å²) in [6, 6.07) is 16.5. The minimum absolute atomic E-state index is 0.158. The lowest BCUT2D eigenvalue weighted by Crippen LogP contribution is -2.20. The van der Waals surface area contributed by atoms with Gasteiger partial charge in [-0.15, -0.1) is 0 Å². The van der Waals surface area contributed by atoms with Gasteiger partial charge >= 0.3 is 5.91 Å². The zero-order valence-electron chi connectivity index (χ0n) is 20.3. The summed E-state index contributed by atoms with van der Waals surface area (Å²) in [6.07, 6.45) is 1.50. The first-order chi connectivity index (χ1) is 18.2. The highest BCUT2D eigenvalue weighted by atomic mass is 127. The van der Waals surface area contributed by atoms with Gasteiger partial charge in [0.1, 0.15) is 5.58 Å². The zero-order chi connectivity index (χ0) is 27.2. The smallest absolute Gasteiger partial charge is 0.307 e. The van der Waals surface area contributed by atoms with Crippen molar-refractivity contribution in [2.24, 2.45) is 5.10 Å². The van der Waals surface area contributed by atoms with Crippen molar-refractivity contribution in [2.75, 3.05) is 18.5 Å². The van der Waals surface area contributed by atoms with Crippen molar-refractivity contribution in [3.63, 3.8) is 0 Å². The second-order valence-corrected chi connectivity index (χ2v) is 11.3. The van der Waals surface area contributed by atoms with Crippen LogP contribution >= 0.6 is 61.1 Å². The Labute approximate surface area is 254 Å². The maximum atomic E-state index is 12.6. The summed E-state index contributed by atoms with van der Waals surface area (Å²) in [5.74, 6) is 0.325. The van der Waals surface area contributed by atoms with E-state index in [0.29, 0.717) is 34.9 Å². The van der Waals surface area contributed by atoms with Crippen molar-refractivity contribution >= 4 is 95.8 Å². The molecule has 1 aromatic heterocycles. The van der Waals surface area contributed by atoms with Crippen LogP contribution in [0.2, 0.25) is 0 Å². The van der Waals surface area contributed by atoms with Gasteiger partial charge in [0.05, 0.1) is 20.0 Å². The Morgan fingerprint density at radius 3 is 2.55 bits per heavy atom. The standard InChI is InChI=1S/C27H22BrI2N3O5/c1-3-36-22-9-16(8-20(29)26(22)37-14-24(34)32-19-6-4-15(2)5-7-19)13-31-33-27(35)23-11-17-10-18(28)12-21(30)25(17)38-23/h4-13H,3,14H2,1-2H3,(H,32,34)(H,33,35)/b31-13-. The molecule has 0 spiro atoms. The number of ether oxygens (including phenoxy) is 2. The van der Waals surface area contributed by atoms with Crippen LogP contribution in [-0.2, 0) is 4.79 Å². The van der Waals surface area contributed by atoms with Gasteiger partial charge in [-0.2, -0.15) is 5.10 Å². The molecule has 0 saturated carbocycles. The Morgan fingerprint density at radius 2 is 1.82 bits per heavy atom. The number of halogens is 3. The average molecular weight is 802 g/mol. The molecule has 2 amide bonds. The van der Waals surface area contributed by atoms with Crippen molar-refractivity contribution in [3.05, 3.63) is 83.1 Å². The summed E-state index contributed by atoms with van der Waals surface area (Å²) in [4.78, 5) is 25.0. The lowest BCUT2D eigenvalue weighted by atomic mass is 10.2. The number of rotatable bonds is 9. The second-order valence-electron chi connectivity index (χ2n) is 8.08. The number of nitrogens with zero attached hydrogens (tertiary/aromatic N) is 1. The Balaban J connectivity index is 1.42. The maximum absolute atomic E-state index is 12.6. The van der Waals surface area contributed by atoms with Crippen LogP contribution in [0, 0.1) is 14.1 Å². The molecule has 8 nitrogen and oxygen atoms in total. The third kappa shape index (κ3) is 7.26. The van der Waals surface area contributed by atoms with Crippen molar-refractivity contribution in [1.82, 2.24) is 5.43 Å². The van der Waals surface area contributed by atoms with Crippen molar-refractivity contribution in [3.8, 4) is 11.5 Å². The molecular weight excluding hydrogens is 780 g/mol. The topological polar surface area (TPSA) is 102 Å². The molecule has 0 aliphatic rings. The number of furan rings is 1. The highest BCUT2D eigenvalue weighted by Crippen LogP contribution is 2.34. The summed E-state index contributed by atoms with van der Waals surface area (Å²) >= 11 is 7.71. The van der Waals surface area contributed by atoms with Gasteiger partial charge < -0.3 is 19.2 Å². The van der Waals surface area contributed by atoms with Gasteiger partial charge in [-0.05, 0) is 107 Å². The summed E-state index contributed by atoms with van der Waals surface area (Å²) in [7, 11) is 0. The lowest BCUT2D eigenvalue weighted by molar-refractivity contribution is -0.118. The number of hydrogen-bond acceptors (Lipinski definition) is 6. The molecule has 0 saturated heterocycles. The van der Waals surface area contributed by atoms with E-state index in [1.807, 2.05) is 56.3 Å². The number of nitrogens with one attached hydrogen (secondary N) is 2. The number of hydrazone groups is 1. The number of amides is 2. The summed E-state index contributed by atoms with van der Waals surface area (Å²) in [6.45, 7) is 4.06. The minimum atomic E-state index is -0.469. The van der Waals surface area contributed by atoms with E-state index in [4.69, 9.17) is 13.9 Å². The fourth-order valence-electron chi connectivity index (χ4n) is 3.45. The van der Waals surface area contributed by atoms with Gasteiger partial charge in [0.2, 0.25) is 0 Å². The first kappa shape index (κ1) is 28.4. The van der Waals surface area contributed by atoms with Crippen LogP contribution in [0.25, 0.3) is 11.0 Å². The first-order valence-electron chi connectivity index (χ1n) is 11.4. The predicted octanol–water partition coefficient (Wildman–Crippen LogP) is 6.89. The molecule has 196 valence electrons. The van der Waals surface area contributed by atoms with Gasteiger partial charge in [0.15, 0.2) is 23.9 Å². The van der Waals surface area contributed by atoms with Crippen LogP contribution in [0.1, 0.15) is 28.6 Å². The Morgan fingerprint density at radius 1 is 1.05 bits per heavy atom. The highest BCUT2D eigenvalue weighted by Gasteiger charge is 2.16. The molecule has 1 heterocycles. The highest BCUT2D eigenvalue weighted by molar-refractivity contribution is 14.1. The Kier molecular flexibility index (Phi) is 9.65. The van der Waals surface area contributed by atoms with Crippen LogP contribution in [0.3, 0.4) is 0 Å². The molecule has 4 rings (SSSR count). The number of carbonyl (C=O) groups excluding carboxylic acids is 2. The van der Waals surface area contributed by atoms with E-state index in [1.54, 1.807) is 12.1 Å². The van der Waals surface area contributed by atoms with Crippen LogP contribution < -0.4 is 20.2 Å². The van der Waals surface area contributed by atoms with E-state index in [0.717, 1.165) is 22.6 Å². The van der Waals surface area contributed by atoms with Gasteiger partial charge in [-0.1, -0.05) is 33.6 Å².